The number of aliphatic hydroxyl groups excluding tert-OH is 1. The van der Waals surface area contributed by atoms with Crippen LogP contribution in [0.25, 0.3) is 0 Å². The minimum atomic E-state index is -0.960. The number of anilines is 2. The van der Waals surface area contributed by atoms with Crippen LogP contribution in [-0.4, -0.2) is 120 Å². The fourth-order valence-electron chi connectivity index (χ4n) is 9.92. The summed E-state index contributed by atoms with van der Waals surface area (Å²) in [5.41, 5.74) is 3.67. The summed E-state index contributed by atoms with van der Waals surface area (Å²) in [6.45, 7) is 6.95. The molecule has 57 heavy (non-hydrogen) atoms. The summed E-state index contributed by atoms with van der Waals surface area (Å²) in [7, 11) is 0. The van der Waals surface area contributed by atoms with Crippen LogP contribution < -0.4 is 19.9 Å². The van der Waals surface area contributed by atoms with Crippen LogP contribution >= 0.6 is 11.6 Å². The summed E-state index contributed by atoms with van der Waals surface area (Å²) in [4.78, 5) is 63.5. The van der Waals surface area contributed by atoms with Gasteiger partial charge in [0.25, 0.3) is 17.7 Å². The standard InChI is InChI=1S/C43H46ClN7O6/c44-33-22-31(10-6-28(33)23-45)57-39-29-7-11-35(39)50(25-29)41(54)27-4-8-30(9-5-27)48-20-18-47(19-21-48)24-26-14-16-49(17-15-26)34-3-1-2-32-38(34)43(56)51(42(32)55)36-12-13-37(52)46-40(36)53/h1-6,8-10,22,26,29,35-37,39,52H,7,11-21,24-25H2,(H,46,53). The number of piperazine rings is 1. The van der Waals surface area contributed by atoms with Crippen molar-refractivity contribution in [3.05, 3.63) is 87.9 Å². The van der Waals surface area contributed by atoms with Gasteiger partial charge in [-0.05, 0) is 93.0 Å². The van der Waals surface area contributed by atoms with Crippen molar-refractivity contribution in [1.82, 2.24) is 20.0 Å². The highest BCUT2D eigenvalue weighted by atomic mass is 35.5. The monoisotopic (exact) mass is 791 g/mol. The molecule has 9 rings (SSSR count). The highest BCUT2D eigenvalue weighted by Gasteiger charge is 2.51. The highest BCUT2D eigenvalue weighted by Crippen LogP contribution is 2.42. The lowest BCUT2D eigenvalue weighted by atomic mass is 9.94. The van der Waals surface area contributed by atoms with Gasteiger partial charge in [0.2, 0.25) is 5.91 Å². The highest BCUT2D eigenvalue weighted by molar-refractivity contribution is 6.31. The van der Waals surface area contributed by atoms with E-state index in [0.717, 1.165) is 87.8 Å². The summed E-state index contributed by atoms with van der Waals surface area (Å²) in [5.74, 6) is 0.0527. The van der Waals surface area contributed by atoms with Gasteiger partial charge in [-0.2, -0.15) is 5.26 Å². The zero-order chi connectivity index (χ0) is 39.4. The van der Waals surface area contributed by atoms with Crippen molar-refractivity contribution in [3.8, 4) is 11.8 Å². The SMILES string of the molecule is N#Cc1ccc(OC2C3CCC2N(C(=O)c2ccc(N4CCN(CC5CCN(c6cccc7c6C(=O)N(C6CCC(O)NC6=O)C7=O)CC5)CC4)cc2)C3)cc1Cl. The number of fused-ring (bicyclic) bond motifs is 3. The van der Waals surface area contributed by atoms with Gasteiger partial charge in [-0.3, -0.25) is 29.0 Å². The summed E-state index contributed by atoms with van der Waals surface area (Å²) in [6, 6.07) is 19.7. The molecule has 5 heterocycles. The summed E-state index contributed by atoms with van der Waals surface area (Å²) in [5, 5.41) is 21.8. The van der Waals surface area contributed by atoms with Crippen molar-refractivity contribution in [1.29, 1.82) is 5.26 Å². The van der Waals surface area contributed by atoms with Gasteiger partial charge >= 0.3 is 0 Å². The number of nitrogens with one attached hydrogen (secondary N) is 1. The number of likely N-dealkylation sites (tertiary alicyclic amines) is 1. The average molecular weight is 792 g/mol. The van der Waals surface area contributed by atoms with Crippen molar-refractivity contribution in [3.63, 3.8) is 0 Å². The van der Waals surface area contributed by atoms with E-state index in [1.54, 1.807) is 24.3 Å². The Hall–Kier alpha value is -5.16. The molecule has 13 nitrogen and oxygen atoms in total. The van der Waals surface area contributed by atoms with E-state index in [1.807, 2.05) is 29.2 Å². The lowest BCUT2D eigenvalue weighted by molar-refractivity contribution is -0.131. The van der Waals surface area contributed by atoms with Crippen LogP contribution in [0.15, 0.2) is 60.7 Å². The van der Waals surface area contributed by atoms with Gasteiger partial charge in [0.1, 0.15) is 30.2 Å². The van der Waals surface area contributed by atoms with E-state index in [0.29, 0.717) is 45.5 Å². The molecule has 6 aliphatic rings. The molecular formula is C43H46ClN7O6. The molecule has 2 N–H and O–H groups in total. The number of ether oxygens (including phenoxy) is 1. The Balaban J connectivity index is 0.751. The molecule has 14 heteroatoms. The van der Waals surface area contributed by atoms with Crippen LogP contribution in [0.3, 0.4) is 0 Å². The quantitative estimate of drug-likeness (QED) is 0.319. The van der Waals surface area contributed by atoms with Crippen LogP contribution in [0.4, 0.5) is 11.4 Å². The van der Waals surface area contributed by atoms with E-state index < -0.39 is 30.0 Å². The van der Waals surface area contributed by atoms with E-state index in [4.69, 9.17) is 16.3 Å². The predicted octanol–water partition coefficient (Wildman–Crippen LogP) is 4.13. The van der Waals surface area contributed by atoms with Gasteiger partial charge in [0.05, 0.1) is 33.4 Å². The zero-order valence-electron chi connectivity index (χ0n) is 31.7. The predicted molar refractivity (Wildman–Crippen MR) is 212 cm³/mol. The number of imide groups is 1. The first-order valence-corrected chi connectivity index (χ1v) is 20.5. The van der Waals surface area contributed by atoms with Crippen molar-refractivity contribution in [2.45, 2.75) is 62.9 Å². The molecule has 296 valence electrons. The minimum absolute atomic E-state index is 0.00557. The molecule has 5 fully saturated rings. The van der Waals surface area contributed by atoms with Crippen LogP contribution in [0.2, 0.25) is 5.02 Å². The van der Waals surface area contributed by atoms with Crippen LogP contribution in [0.5, 0.6) is 5.75 Å². The number of nitrogens with zero attached hydrogens (tertiary/aromatic N) is 6. The first-order chi connectivity index (χ1) is 27.7. The molecular weight excluding hydrogens is 746 g/mol. The number of aliphatic hydroxyl groups is 1. The first kappa shape index (κ1) is 37.4. The van der Waals surface area contributed by atoms with Crippen LogP contribution in [0, 0.1) is 23.2 Å². The maximum absolute atomic E-state index is 13.7. The van der Waals surface area contributed by atoms with Crippen molar-refractivity contribution in [2.75, 3.05) is 62.2 Å². The number of rotatable bonds is 8. The molecule has 5 aliphatic heterocycles. The van der Waals surface area contributed by atoms with Crippen molar-refractivity contribution in [2.24, 2.45) is 11.8 Å². The largest absolute Gasteiger partial charge is 0.488 e. The van der Waals surface area contributed by atoms with E-state index in [1.165, 1.54) is 0 Å². The number of carbonyl (C=O) groups excluding carboxylic acids is 4. The molecule has 3 aromatic rings. The van der Waals surface area contributed by atoms with Gasteiger partial charge in [0.15, 0.2) is 0 Å². The molecule has 0 spiro atoms. The second-order valence-corrected chi connectivity index (χ2v) is 16.7. The Morgan fingerprint density at radius 2 is 1.65 bits per heavy atom. The molecule has 2 bridgehead atoms. The van der Waals surface area contributed by atoms with Crippen LogP contribution in [-0.2, 0) is 4.79 Å². The number of carbonyl (C=O) groups is 4. The first-order valence-electron chi connectivity index (χ1n) is 20.2. The molecule has 1 aliphatic carbocycles. The normalized spacial score (nSPS) is 26.5. The molecule has 0 aromatic heterocycles. The number of halogens is 1. The summed E-state index contributed by atoms with van der Waals surface area (Å²) >= 11 is 6.24. The van der Waals surface area contributed by atoms with Gasteiger partial charge in [-0.25, -0.2) is 0 Å². The van der Waals surface area contributed by atoms with Gasteiger partial charge in [0, 0.05) is 75.6 Å². The topological polar surface area (TPSA) is 150 Å². The molecule has 4 amide bonds. The van der Waals surface area contributed by atoms with Crippen LogP contribution in [0.1, 0.15) is 75.2 Å². The number of benzene rings is 3. The molecule has 3 aromatic carbocycles. The number of nitriles is 1. The Labute approximate surface area is 336 Å². The third-order valence-electron chi connectivity index (χ3n) is 13.0. The fraction of sp³-hybridized carbons (Fsp3) is 0.465. The van der Waals surface area contributed by atoms with E-state index in [2.05, 4.69) is 38.2 Å². The number of hydrogen-bond donors (Lipinski definition) is 2. The summed E-state index contributed by atoms with van der Waals surface area (Å²) in [6.07, 6.45) is 3.34. The number of hydrogen-bond acceptors (Lipinski definition) is 10. The third-order valence-corrected chi connectivity index (χ3v) is 13.3. The van der Waals surface area contributed by atoms with E-state index >= 15 is 0 Å². The van der Waals surface area contributed by atoms with E-state index in [9.17, 15) is 29.5 Å². The van der Waals surface area contributed by atoms with Gasteiger partial charge < -0.3 is 29.9 Å². The Morgan fingerprint density at radius 3 is 2.37 bits per heavy atom. The van der Waals surface area contributed by atoms with Gasteiger partial charge in [-0.1, -0.05) is 17.7 Å². The number of amides is 4. The fourth-order valence-corrected chi connectivity index (χ4v) is 10.1. The summed E-state index contributed by atoms with van der Waals surface area (Å²) < 4.78 is 6.34. The molecule has 1 saturated carbocycles. The average Bonchev–Trinajstić information content (AvgIpc) is 3.86. The Bertz CT molecular complexity index is 2130. The van der Waals surface area contributed by atoms with Gasteiger partial charge in [-0.15, -0.1) is 0 Å². The smallest absolute Gasteiger partial charge is 0.264 e. The molecule has 5 unspecified atom stereocenters. The Kier molecular flexibility index (Phi) is 10.0. The zero-order valence-corrected chi connectivity index (χ0v) is 32.4. The molecule has 5 atom stereocenters. The van der Waals surface area contributed by atoms with Crippen molar-refractivity contribution < 1.29 is 29.0 Å². The maximum Gasteiger partial charge on any atom is 0.264 e. The van der Waals surface area contributed by atoms with E-state index in [-0.39, 0.29) is 36.8 Å². The lowest BCUT2D eigenvalue weighted by Crippen LogP contribution is -2.55. The number of piperidine rings is 3. The Morgan fingerprint density at radius 1 is 0.877 bits per heavy atom. The second-order valence-electron chi connectivity index (χ2n) is 16.3. The minimum Gasteiger partial charge on any atom is -0.488 e. The third kappa shape index (κ3) is 6.98. The molecule has 4 saturated heterocycles. The molecule has 0 radical (unpaired) electrons. The second kappa shape index (κ2) is 15.3. The lowest BCUT2D eigenvalue weighted by Gasteiger charge is -2.40. The maximum atomic E-state index is 13.7. The van der Waals surface area contributed by atoms with Crippen molar-refractivity contribution >= 4 is 46.6 Å².